The molecule has 0 bridgehead atoms. The van der Waals surface area contributed by atoms with Gasteiger partial charge in [-0.25, -0.2) is 22.6 Å². The van der Waals surface area contributed by atoms with E-state index in [0.717, 1.165) is 31.1 Å². The van der Waals surface area contributed by atoms with Crippen LogP contribution in [0.5, 0.6) is 5.75 Å². The number of primary amides is 1. The van der Waals surface area contributed by atoms with Crippen molar-refractivity contribution in [2.24, 2.45) is 17.6 Å². The van der Waals surface area contributed by atoms with Crippen LogP contribution in [0.2, 0.25) is 0 Å². The van der Waals surface area contributed by atoms with E-state index in [2.05, 4.69) is 44.2 Å². The number of allylic oxidation sites excluding steroid dienone is 2. The number of hydrogen-bond acceptors (Lipinski definition) is 8. The molecule has 5 rings (SSSR count). The number of aromatic hydroxyl groups is 1. The van der Waals surface area contributed by atoms with E-state index in [9.17, 15) is 32.3 Å². The van der Waals surface area contributed by atoms with E-state index in [-0.39, 0.29) is 36.2 Å². The van der Waals surface area contributed by atoms with Crippen LogP contribution in [0.25, 0.3) is 22.2 Å². The monoisotopic (exact) mass is 878 g/mol. The topological polar surface area (TPSA) is 210 Å². The number of nitrogens with two attached hydrogens (primary N) is 1. The zero-order valence-corrected chi connectivity index (χ0v) is 38.0. The summed E-state index contributed by atoms with van der Waals surface area (Å²) in [6.45, 7) is 11.5. The molecule has 3 atom stereocenters. The minimum absolute atomic E-state index is 0.0585. The number of sulfonamides is 1. The first kappa shape index (κ1) is 52.6. The lowest BCUT2D eigenvalue weighted by Gasteiger charge is -2.26. The van der Waals surface area contributed by atoms with Crippen molar-refractivity contribution < 1.29 is 37.1 Å². The molecule has 13 nitrogen and oxygen atoms in total. The number of amides is 5. The molecule has 2 aliphatic rings. The summed E-state index contributed by atoms with van der Waals surface area (Å²) in [6, 6.07) is 12.1. The smallest absolute Gasteiger partial charge is 0.315 e. The number of urea groups is 1. The Hall–Kier alpha value is -5.49. The van der Waals surface area contributed by atoms with E-state index in [1.807, 2.05) is 71.0 Å². The lowest BCUT2D eigenvalue weighted by atomic mass is 9.88. The van der Waals surface area contributed by atoms with Crippen LogP contribution < -0.4 is 26.4 Å². The molecule has 1 fully saturated rings. The number of nitrogens with zero attached hydrogens (tertiary/aromatic N) is 1. The van der Waals surface area contributed by atoms with E-state index in [1.165, 1.54) is 12.1 Å². The number of hydrogen-bond donors (Lipinski definition) is 6. The van der Waals surface area contributed by atoms with Gasteiger partial charge in [-0.1, -0.05) is 69.2 Å². The Morgan fingerprint density at radius 2 is 1.71 bits per heavy atom. The van der Waals surface area contributed by atoms with Gasteiger partial charge in [-0.3, -0.25) is 19.1 Å². The first-order valence-corrected chi connectivity index (χ1v) is 22.9. The van der Waals surface area contributed by atoms with Gasteiger partial charge in [0, 0.05) is 34.5 Å². The molecule has 0 spiro atoms. The molecule has 0 radical (unpaired) electrons. The number of pyridine rings is 1. The number of carbonyl (C=O) groups is 4. The van der Waals surface area contributed by atoms with Gasteiger partial charge >= 0.3 is 6.03 Å². The summed E-state index contributed by atoms with van der Waals surface area (Å²) in [5.41, 5.74) is 5.63. The molecule has 1 saturated carbocycles. The second kappa shape index (κ2) is 25.4. The molecule has 1 aromatic heterocycles. The second-order valence-corrected chi connectivity index (χ2v) is 18.7. The van der Waals surface area contributed by atoms with Crippen molar-refractivity contribution in [2.75, 3.05) is 6.54 Å². The quantitative estimate of drug-likeness (QED) is 0.0754. The summed E-state index contributed by atoms with van der Waals surface area (Å²) in [5.74, 6) is -2.19. The number of aryl methyl sites for hydroxylation is 1. The van der Waals surface area contributed by atoms with Gasteiger partial charge in [0.05, 0.1) is 10.3 Å². The van der Waals surface area contributed by atoms with Crippen LogP contribution in [-0.4, -0.2) is 65.6 Å². The Bertz CT molecular complexity index is 2100. The average molecular weight is 879 g/mol. The lowest BCUT2D eigenvalue weighted by Crippen LogP contribution is -2.54. The molecule has 5 amide bonds. The highest BCUT2D eigenvalue weighted by Crippen LogP contribution is 2.42. The zero-order valence-electron chi connectivity index (χ0n) is 37.1. The summed E-state index contributed by atoms with van der Waals surface area (Å²) in [5, 5.41) is 21.2. The van der Waals surface area contributed by atoms with Crippen LogP contribution in [0.4, 0.5) is 9.18 Å². The van der Waals surface area contributed by atoms with Crippen molar-refractivity contribution in [1.82, 2.24) is 25.7 Å². The average Bonchev–Trinajstić information content (AvgIpc) is 4.00. The number of carbonyl (C=O) groups excluding carboxylic acids is 4. The molecule has 340 valence electrons. The Morgan fingerprint density at radius 3 is 2.35 bits per heavy atom. The molecule has 1 unspecified atom stereocenters. The largest absolute Gasteiger partial charge is 0.505 e. The third-order valence-electron chi connectivity index (χ3n) is 10.6. The summed E-state index contributed by atoms with van der Waals surface area (Å²) in [6.07, 6.45) is 18.9. The van der Waals surface area contributed by atoms with E-state index in [4.69, 9.17) is 4.79 Å². The Kier molecular flexibility index (Phi) is 21.6. The minimum atomic E-state index is -3.83. The van der Waals surface area contributed by atoms with Gasteiger partial charge in [-0.15, -0.1) is 12.8 Å². The van der Waals surface area contributed by atoms with Crippen molar-refractivity contribution in [3.05, 3.63) is 72.1 Å². The molecule has 2 aromatic carbocycles. The van der Waals surface area contributed by atoms with Gasteiger partial charge in [-0.2, -0.15) is 0 Å². The standard InChI is InChI=1S/C42H56FN5O6S.C2H6.C2H2.CH3NO/c1-41(2,3)47-40(52)46-35-19-10-8-6-5-7-9-14-29(38(50)48-55(53,54)42(4)24-25-42)22-20-28(27-44-39(35)51)21-23-33-32-17-11-12-18-34(32)45-36(37(33)49)30-15-13-16-31(43)26-30;2*1-2;2-1-3/h7,9,11-13,15-18,26,28-29,35,49H,5-6,8,10,14,19-25,27H2,1-4H3,(H,44,51)(H,48,50)(H2,46,47,52);1-2H3;1-2H;1H,(H2,2,3)/b9-7-;;;/t28-,29?,35+;;;/m1.../s1. The molecule has 2 heterocycles. The number of rotatable bonds is 8. The van der Waals surface area contributed by atoms with Gasteiger partial charge in [0.1, 0.15) is 23.3 Å². The maximum absolute atomic E-state index is 14.3. The maximum Gasteiger partial charge on any atom is 0.315 e. The number of aromatic nitrogens is 1. The van der Waals surface area contributed by atoms with Gasteiger partial charge in [0.15, 0.2) is 0 Å². The number of benzene rings is 2. The molecule has 1 aliphatic carbocycles. The van der Waals surface area contributed by atoms with Crippen molar-refractivity contribution in [3.8, 4) is 29.9 Å². The molecule has 3 aromatic rings. The van der Waals surface area contributed by atoms with Crippen LogP contribution >= 0.6 is 0 Å². The number of halogens is 1. The van der Waals surface area contributed by atoms with E-state index in [0.29, 0.717) is 68.0 Å². The minimum Gasteiger partial charge on any atom is -0.505 e. The van der Waals surface area contributed by atoms with Crippen LogP contribution in [-0.2, 0) is 30.8 Å². The number of fused-ring (bicyclic) bond motifs is 1. The number of terminal acetylenes is 1. The highest BCUT2D eigenvalue weighted by Gasteiger charge is 2.51. The summed E-state index contributed by atoms with van der Waals surface area (Å²) < 4.78 is 41.8. The predicted octanol–water partition coefficient (Wildman–Crippen LogP) is 7.56. The van der Waals surface area contributed by atoms with Crippen LogP contribution in [0.3, 0.4) is 0 Å². The SMILES string of the molecule is C#C.CC.CC(C)(C)NC(=O)N[C@H]1CCCCC/C=C\CC(C(=O)NS(=O)(=O)C2(C)CC2)CC[C@H](CCc2c(O)c(-c3cccc(F)c3)nc3ccccc23)CNC1=O.NC=O. The molecule has 7 N–H and O–H groups in total. The number of nitrogens with one attached hydrogen (secondary N) is 4. The third-order valence-corrected chi connectivity index (χ3v) is 12.8. The zero-order chi connectivity index (χ0) is 46.5. The van der Waals surface area contributed by atoms with Crippen molar-refractivity contribution >= 4 is 45.2 Å². The van der Waals surface area contributed by atoms with Gasteiger partial charge in [-0.05, 0) is 116 Å². The second-order valence-electron chi connectivity index (χ2n) is 16.5. The van der Waals surface area contributed by atoms with Crippen LogP contribution in [0, 0.1) is 30.5 Å². The third kappa shape index (κ3) is 16.4. The van der Waals surface area contributed by atoms with E-state index in [1.54, 1.807) is 19.1 Å². The van der Waals surface area contributed by atoms with E-state index < -0.39 is 50.0 Å². The Labute approximate surface area is 367 Å². The highest BCUT2D eigenvalue weighted by atomic mass is 32.2. The van der Waals surface area contributed by atoms with Crippen molar-refractivity contribution in [1.29, 1.82) is 0 Å². The number of para-hydroxylation sites is 1. The molecular formula is C47H67FN6O7S. The predicted molar refractivity (Wildman–Crippen MR) is 245 cm³/mol. The molecule has 62 heavy (non-hydrogen) atoms. The molecule has 1 aliphatic heterocycles. The van der Waals surface area contributed by atoms with E-state index >= 15 is 0 Å². The fourth-order valence-corrected chi connectivity index (χ4v) is 8.29. The molecule has 0 saturated heterocycles. The summed E-state index contributed by atoms with van der Waals surface area (Å²) in [4.78, 5) is 53.5. The van der Waals surface area contributed by atoms with Gasteiger partial charge < -0.3 is 26.8 Å². The fraction of sp³-hybridized carbons (Fsp3) is 0.511. The highest BCUT2D eigenvalue weighted by molar-refractivity contribution is 7.91. The summed E-state index contributed by atoms with van der Waals surface area (Å²) >= 11 is 0. The first-order chi connectivity index (χ1) is 29.5. The molecule has 15 heteroatoms. The molecular weight excluding hydrogens is 812 g/mol. The van der Waals surface area contributed by atoms with Crippen LogP contribution in [0.1, 0.15) is 118 Å². The van der Waals surface area contributed by atoms with Crippen molar-refractivity contribution in [2.45, 2.75) is 135 Å². The van der Waals surface area contributed by atoms with Gasteiger partial charge in [0.2, 0.25) is 28.2 Å². The maximum atomic E-state index is 14.3. The lowest BCUT2D eigenvalue weighted by molar-refractivity contribution is -0.124. The Balaban J connectivity index is 0.00000178. The van der Waals surface area contributed by atoms with Crippen molar-refractivity contribution in [3.63, 3.8) is 0 Å². The fourth-order valence-electron chi connectivity index (χ4n) is 6.97. The van der Waals surface area contributed by atoms with Crippen LogP contribution in [0.15, 0.2) is 60.7 Å². The van der Waals surface area contributed by atoms with Gasteiger partial charge in [0.25, 0.3) is 0 Å². The Morgan fingerprint density at radius 1 is 1.03 bits per heavy atom. The normalized spacial score (nSPS) is 19.8. The summed E-state index contributed by atoms with van der Waals surface area (Å²) in [7, 11) is -3.83. The first-order valence-electron chi connectivity index (χ1n) is 21.4.